The predicted molar refractivity (Wildman–Crippen MR) is 82.7 cm³/mol. The predicted octanol–water partition coefficient (Wildman–Crippen LogP) is 4.49. The maximum Gasteiger partial charge on any atom is 0.307 e. The Morgan fingerprint density at radius 1 is 1.35 bits per heavy atom. The number of hydrogen-bond donors (Lipinski definition) is 2. The zero-order chi connectivity index (χ0) is 14.3. The van der Waals surface area contributed by atoms with Crippen LogP contribution in [-0.2, 0) is 11.2 Å². The molecule has 2 aromatic heterocycles. The number of benzene rings is 1. The highest BCUT2D eigenvalue weighted by atomic mass is 35.5. The fourth-order valence-electron chi connectivity index (χ4n) is 2.35. The van der Waals surface area contributed by atoms with Gasteiger partial charge < -0.3 is 10.1 Å². The minimum Gasteiger partial charge on any atom is -0.481 e. The van der Waals surface area contributed by atoms with E-state index >= 15 is 0 Å². The summed E-state index contributed by atoms with van der Waals surface area (Å²) in [6.45, 7) is 2.03. The first-order valence-electron chi connectivity index (χ1n) is 6.14. The normalized spacial score (nSPS) is 11.1. The minimum absolute atomic E-state index is 0.0212. The topological polar surface area (TPSA) is 53.1 Å². The van der Waals surface area contributed by atoms with E-state index in [0.29, 0.717) is 5.02 Å². The van der Waals surface area contributed by atoms with Crippen LogP contribution in [0.4, 0.5) is 0 Å². The van der Waals surface area contributed by atoms with Crippen molar-refractivity contribution >= 4 is 39.8 Å². The van der Waals surface area contributed by atoms with Crippen molar-refractivity contribution in [3.63, 3.8) is 0 Å². The van der Waals surface area contributed by atoms with Crippen LogP contribution in [0.2, 0.25) is 5.02 Å². The molecule has 3 aromatic rings. The number of aromatic amines is 1. The summed E-state index contributed by atoms with van der Waals surface area (Å²) < 4.78 is 0. The summed E-state index contributed by atoms with van der Waals surface area (Å²) in [5, 5.41) is 10.6. The number of halogens is 1. The Morgan fingerprint density at radius 3 is 2.80 bits per heavy atom. The van der Waals surface area contributed by atoms with Crippen molar-refractivity contribution in [1.29, 1.82) is 0 Å². The summed E-state index contributed by atoms with van der Waals surface area (Å²) in [4.78, 5) is 16.6. The number of fused-ring (bicyclic) bond motifs is 1. The molecule has 0 spiro atoms. The Hall–Kier alpha value is -1.78. The van der Waals surface area contributed by atoms with Crippen molar-refractivity contribution in [3.05, 3.63) is 45.8 Å². The van der Waals surface area contributed by atoms with Crippen LogP contribution in [-0.4, -0.2) is 16.1 Å². The number of aromatic nitrogens is 1. The molecule has 1 aromatic carbocycles. The minimum atomic E-state index is -0.847. The van der Waals surface area contributed by atoms with Crippen molar-refractivity contribution in [1.82, 2.24) is 4.98 Å². The molecule has 0 bridgehead atoms. The van der Waals surface area contributed by atoms with E-state index in [4.69, 9.17) is 16.7 Å². The summed E-state index contributed by atoms with van der Waals surface area (Å²) in [6, 6.07) is 9.57. The summed E-state index contributed by atoms with van der Waals surface area (Å²) in [7, 11) is 0. The molecule has 0 amide bonds. The second-order valence-corrected chi connectivity index (χ2v) is 6.32. The van der Waals surface area contributed by atoms with Gasteiger partial charge in [0.05, 0.1) is 27.5 Å². The van der Waals surface area contributed by atoms with Crippen LogP contribution < -0.4 is 0 Å². The second kappa shape index (κ2) is 4.96. The van der Waals surface area contributed by atoms with Crippen LogP contribution in [0.3, 0.4) is 0 Å². The number of carboxylic acid groups (broad SMARTS) is 1. The number of thiophene rings is 1. The van der Waals surface area contributed by atoms with Crippen LogP contribution in [0, 0.1) is 6.92 Å². The Kier molecular flexibility index (Phi) is 3.28. The van der Waals surface area contributed by atoms with Crippen LogP contribution in [0.25, 0.3) is 21.5 Å². The quantitative estimate of drug-likeness (QED) is 0.749. The molecule has 0 fully saturated rings. The lowest BCUT2D eigenvalue weighted by molar-refractivity contribution is -0.136. The molecule has 0 saturated heterocycles. The lowest BCUT2D eigenvalue weighted by Gasteiger charge is -1.99. The average molecular weight is 306 g/mol. The highest BCUT2D eigenvalue weighted by Gasteiger charge is 2.18. The fourth-order valence-corrected chi connectivity index (χ4v) is 3.47. The molecule has 5 heteroatoms. The summed E-state index contributed by atoms with van der Waals surface area (Å²) in [5.74, 6) is -0.847. The number of nitrogens with one attached hydrogen (secondary N) is 1. The first-order valence-corrected chi connectivity index (χ1v) is 7.33. The molecule has 2 N–H and O–H groups in total. The Morgan fingerprint density at radius 2 is 2.15 bits per heavy atom. The largest absolute Gasteiger partial charge is 0.481 e. The van der Waals surface area contributed by atoms with Gasteiger partial charge in [-0.2, -0.15) is 0 Å². The standard InChI is InChI=1S/C15H12ClNO2S/c1-8-5-6-12(20-8)15-10(7-13(18)19)9-3-2-4-11(16)14(9)17-15/h2-6,17H,7H2,1H3,(H,18,19). The Bertz CT molecular complexity index is 803. The first-order chi connectivity index (χ1) is 9.56. The molecule has 20 heavy (non-hydrogen) atoms. The van der Waals surface area contributed by atoms with Gasteiger partial charge in [0.15, 0.2) is 0 Å². The molecule has 3 nitrogen and oxygen atoms in total. The van der Waals surface area contributed by atoms with Crippen molar-refractivity contribution in [3.8, 4) is 10.6 Å². The zero-order valence-corrected chi connectivity index (χ0v) is 12.3. The average Bonchev–Trinajstić information content (AvgIpc) is 2.95. The Balaban J connectivity index is 2.29. The number of carbonyl (C=O) groups is 1. The van der Waals surface area contributed by atoms with E-state index in [-0.39, 0.29) is 6.42 Å². The maximum atomic E-state index is 11.1. The summed E-state index contributed by atoms with van der Waals surface area (Å²) in [6.07, 6.45) is -0.0212. The molecule has 0 aliphatic carbocycles. The lowest BCUT2D eigenvalue weighted by atomic mass is 10.1. The van der Waals surface area contributed by atoms with E-state index in [9.17, 15) is 4.79 Å². The van der Waals surface area contributed by atoms with Crippen LogP contribution in [0.1, 0.15) is 10.4 Å². The van der Waals surface area contributed by atoms with E-state index < -0.39 is 5.97 Å². The molecule has 2 heterocycles. The van der Waals surface area contributed by atoms with Gasteiger partial charge in [0.2, 0.25) is 0 Å². The Labute approximate surface area is 124 Å². The van der Waals surface area contributed by atoms with Crippen LogP contribution in [0.15, 0.2) is 30.3 Å². The van der Waals surface area contributed by atoms with Gasteiger partial charge >= 0.3 is 5.97 Å². The van der Waals surface area contributed by atoms with Crippen molar-refractivity contribution < 1.29 is 9.90 Å². The molecule has 0 aliphatic rings. The molecular formula is C15H12ClNO2S. The summed E-state index contributed by atoms with van der Waals surface area (Å²) >= 11 is 7.83. The van der Waals surface area contributed by atoms with Crippen LogP contribution >= 0.6 is 22.9 Å². The van der Waals surface area contributed by atoms with E-state index in [1.165, 1.54) is 4.88 Å². The van der Waals surface area contributed by atoms with Crippen molar-refractivity contribution in [2.75, 3.05) is 0 Å². The van der Waals surface area contributed by atoms with E-state index in [1.807, 2.05) is 31.2 Å². The van der Waals surface area contributed by atoms with Gasteiger partial charge in [-0.15, -0.1) is 11.3 Å². The SMILES string of the molecule is Cc1ccc(-c2[nH]c3c(Cl)cccc3c2CC(=O)O)s1. The number of H-pyrrole nitrogens is 1. The zero-order valence-electron chi connectivity index (χ0n) is 10.7. The smallest absolute Gasteiger partial charge is 0.307 e. The van der Waals surface area contributed by atoms with Gasteiger partial charge in [-0.25, -0.2) is 0 Å². The molecular weight excluding hydrogens is 294 g/mol. The molecule has 0 aliphatic heterocycles. The second-order valence-electron chi connectivity index (χ2n) is 4.62. The van der Waals surface area contributed by atoms with E-state index in [0.717, 1.165) is 27.0 Å². The number of aliphatic carboxylic acids is 1. The number of carboxylic acids is 1. The van der Waals surface area contributed by atoms with Gasteiger partial charge in [-0.05, 0) is 30.7 Å². The first kappa shape index (κ1) is 13.2. The molecule has 0 unspecified atom stereocenters. The monoisotopic (exact) mass is 305 g/mol. The fraction of sp³-hybridized carbons (Fsp3) is 0.133. The third-order valence-corrected chi connectivity index (χ3v) is 4.54. The number of aryl methyl sites for hydroxylation is 1. The third-order valence-electron chi connectivity index (χ3n) is 3.21. The molecule has 102 valence electrons. The maximum absolute atomic E-state index is 11.1. The highest BCUT2D eigenvalue weighted by Crippen LogP contribution is 2.36. The van der Waals surface area contributed by atoms with Crippen molar-refractivity contribution in [2.24, 2.45) is 0 Å². The van der Waals surface area contributed by atoms with E-state index in [2.05, 4.69) is 4.98 Å². The molecule has 0 radical (unpaired) electrons. The molecule has 3 rings (SSSR count). The third kappa shape index (κ3) is 2.21. The number of hydrogen-bond acceptors (Lipinski definition) is 2. The lowest BCUT2D eigenvalue weighted by Crippen LogP contribution is -2.00. The molecule has 0 atom stereocenters. The summed E-state index contributed by atoms with van der Waals surface area (Å²) in [5.41, 5.74) is 2.44. The van der Waals surface area contributed by atoms with Gasteiger partial charge in [-0.3, -0.25) is 4.79 Å². The van der Waals surface area contributed by atoms with Gasteiger partial charge in [0.25, 0.3) is 0 Å². The van der Waals surface area contributed by atoms with Crippen LogP contribution in [0.5, 0.6) is 0 Å². The van der Waals surface area contributed by atoms with Gasteiger partial charge in [-0.1, -0.05) is 23.7 Å². The number of para-hydroxylation sites is 1. The number of rotatable bonds is 3. The van der Waals surface area contributed by atoms with Crippen molar-refractivity contribution in [2.45, 2.75) is 13.3 Å². The molecule has 0 saturated carbocycles. The van der Waals surface area contributed by atoms with Gasteiger partial charge in [0, 0.05) is 10.3 Å². The highest BCUT2D eigenvalue weighted by molar-refractivity contribution is 7.15. The van der Waals surface area contributed by atoms with Gasteiger partial charge in [0.1, 0.15) is 0 Å². The van der Waals surface area contributed by atoms with E-state index in [1.54, 1.807) is 17.4 Å².